The van der Waals surface area contributed by atoms with Gasteiger partial charge in [0.1, 0.15) is 5.01 Å². The van der Waals surface area contributed by atoms with Gasteiger partial charge in [-0.1, -0.05) is 33.1 Å². The highest BCUT2D eigenvalue weighted by Gasteiger charge is 2.16. The lowest BCUT2D eigenvalue weighted by Crippen LogP contribution is -2.35. The monoisotopic (exact) mass is 383 g/mol. The van der Waals surface area contributed by atoms with E-state index in [1.54, 1.807) is 23.3 Å². The Kier molecular flexibility index (Phi) is 9.36. The third-order valence-electron chi connectivity index (χ3n) is 4.76. The summed E-state index contributed by atoms with van der Waals surface area (Å²) in [6.07, 6.45) is 4.29. The van der Waals surface area contributed by atoms with E-state index in [9.17, 15) is 4.79 Å². The molecule has 1 fully saturated rings. The molecule has 26 heavy (non-hydrogen) atoms. The zero-order chi connectivity index (χ0) is 18.8. The lowest BCUT2D eigenvalue weighted by molar-refractivity contribution is 0.0341. The summed E-state index contributed by atoms with van der Waals surface area (Å²) in [5, 5.41) is 3.13. The molecule has 2 heterocycles. The lowest BCUT2D eigenvalue weighted by atomic mass is 10.0. The summed E-state index contributed by atoms with van der Waals surface area (Å²) in [6.45, 7) is 9.71. The van der Waals surface area contributed by atoms with E-state index in [0.717, 1.165) is 56.4 Å². The van der Waals surface area contributed by atoms with E-state index in [-0.39, 0.29) is 6.09 Å². The second-order valence-electron chi connectivity index (χ2n) is 6.97. The number of hydrogen-bond acceptors (Lipinski definition) is 6. The van der Waals surface area contributed by atoms with E-state index in [2.05, 4.69) is 23.7 Å². The highest BCUT2D eigenvalue weighted by molar-refractivity contribution is 7.09. The van der Waals surface area contributed by atoms with Gasteiger partial charge in [-0.3, -0.25) is 4.90 Å². The minimum atomic E-state index is -0.261. The number of ether oxygens (including phenoxy) is 2. The standard InChI is InChI=1S/C19H33N3O3S/c1-4-6-7-16(5-2)14-25-19(23)21(3)12-17-15-26-18(20-17)13-22-8-10-24-11-9-22/h15-16H,4-14H2,1-3H3. The van der Waals surface area contributed by atoms with Gasteiger partial charge in [0.2, 0.25) is 0 Å². The van der Waals surface area contributed by atoms with Crippen LogP contribution in [0.3, 0.4) is 0 Å². The fourth-order valence-electron chi connectivity index (χ4n) is 2.95. The quantitative estimate of drug-likeness (QED) is 0.616. The van der Waals surface area contributed by atoms with Crippen molar-refractivity contribution in [2.24, 2.45) is 5.92 Å². The molecule has 1 unspecified atom stereocenters. The first-order valence-electron chi connectivity index (χ1n) is 9.73. The van der Waals surface area contributed by atoms with Crippen LogP contribution in [0.25, 0.3) is 0 Å². The van der Waals surface area contributed by atoms with Crippen LogP contribution < -0.4 is 0 Å². The van der Waals surface area contributed by atoms with Crippen molar-refractivity contribution in [1.82, 2.24) is 14.8 Å². The Morgan fingerprint density at radius 2 is 2.19 bits per heavy atom. The average Bonchev–Trinajstić information content (AvgIpc) is 3.09. The summed E-state index contributed by atoms with van der Waals surface area (Å²) in [5.74, 6) is 0.465. The van der Waals surface area contributed by atoms with Crippen LogP contribution in [0.5, 0.6) is 0 Å². The van der Waals surface area contributed by atoms with Crippen molar-refractivity contribution in [3.05, 3.63) is 16.1 Å². The van der Waals surface area contributed by atoms with Crippen LogP contribution in [0.15, 0.2) is 5.38 Å². The molecule has 0 aromatic carbocycles. The number of thiazole rings is 1. The normalized spacial score (nSPS) is 16.4. The summed E-state index contributed by atoms with van der Waals surface area (Å²) in [6, 6.07) is 0. The topological polar surface area (TPSA) is 54.9 Å². The minimum Gasteiger partial charge on any atom is -0.449 e. The fourth-order valence-corrected chi connectivity index (χ4v) is 3.78. The van der Waals surface area contributed by atoms with Gasteiger partial charge in [-0.25, -0.2) is 9.78 Å². The van der Waals surface area contributed by atoms with Crippen LogP contribution in [-0.4, -0.2) is 60.8 Å². The number of unbranched alkanes of at least 4 members (excludes halogenated alkanes) is 1. The highest BCUT2D eigenvalue weighted by atomic mass is 32.1. The number of aromatic nitrogens is 1. The largest absolute Gasteiger partial charge is 0.449 e. The molecule has 148 valence electrons. The Balaban J connectivity index is 1.74. The molecule has 0 N–H and O–H groups in total. The van der Waals surface area contributed by atoms with E-state index in [1.807, 2.05) is 5.38 Å². The van der Waals surface area contributed by atoms with Crippen LogP contribution in [0, 0.1) is 5.92 Å². The molecule has 0 saturated carbocycles. The predicted octanol–water partition coefficient (Wildman–Crippen LogP) is 3.76. The van der Waals surface area contributed by atoms with Gasteiger partial charge in [0.05, 0.1) is 38.6 Å². The summed E-state index contributed by atoms with van der Waals surface area (Å²) in [5.41, 5.74) is 0.927. The Morgan fingerprint density at radius 3 is 2.88 bits per heavy atom. The van der Waals surface area contributed by atoms with Crippen molar-refractivity contribution in [1.29, 1.82) is 0 Å². The van der Waals surface area contributed by atoms with Crippen LogP contribution >= 0.6 is 11.3 Å². The summed E-state index contributed by atoms with van der Waals surface area (Å²) < 4.78 is 10.9. The highest BCUT2D eigenvalue weighted by Crippen LogP contribution is 2.16. The predicted molar refractivity (Wildman–Crippen MR) is 104 cm³/mol. The van der Waals surface area contributed by atoms with Gasteiger partial charge < -0.3 is 14.4 Å². The molecule has 1 aliphatic rings. The average molecular weight is 384 g/mol. The fraction of sp³-hybridized carbons (Fsp3) is 0.789. The third kappa shape index (κ3) is 7.21. The molecule has 0 aliphatic carbocycles. The molecule has 0 spiro atoms. The number of morpholine rings is 1. The number of hydrogen-bond donors (Lipinski definition) is 0. The zero-order valence-corrected chi connectivity index (χ0v) is 17.2. The maximum atomic E-state index is 12.2. The van der Waals surface area contributed by atoms with E-state index in [4.69, 9.17) is 9.47 Å². The third-order valence-corrected chi connectivity index (χ3v) is 5.64. The molecule has 1 aliphatic heterocycles. The minimum absolute atomic E-state index is 0.261. The van der Waals surface area contributed by atoms with E-state index >= 15 is 0 Å². The molecular weight excluding hydrogens is 350 g/mol. The van der Waals surface area contributed by atoms with E-state index in [1.165, 1.54) is 12.8 Å². The Bertz CT molecular complexity index is 532. The molecule has 1 atom stereocenters. The van der Waals surface area contributed by atoms with Crippen LogP contribution in [0.2, 0.25) is 0 Å². The number of nitrogens with zero attached hydrogens (tertiary/aromatic N) is 3. The summed E-state index contributed by atoms with van der Waals surface area (Å²) in [7, 11) is 1.77. The SMILES string of the molecule is CCCCC(CC)COC(=O)N(C)Cc1csc(CN2CCOCC2)n1. The second-order valence-corrected chi connectivity index (χ2v) is 7.91. The van der Waals surface area contributed by atoms with Crippen molar-refractivity contribution < 1.29 is 14.3 Å². The Labute approximate surface area is 161 Å². The molecule has 0 radical (unpaired) electrons. The summed E-state index contributed by atoms with van der Waals surface area (Å²) >= 11 is 1.66. The maximum absolute atomic E-state index is 12.2. The zero-order valence-electron chi connectivity index (χ0n) is 16.4. The van der Waals surface area contributed by atoms with Gasteiger partial charge in [0, 0.05) is 25.5 Å². The molecule has 1 saturated heterocycles. The second kappa shape index (κ2) is 11.5. The molecule has 2 rings (SSSR count). The van der Waals surface area contributed by atoms with Crippen molar-refractivity contribution >= 4 is 17.4 Å². The Hall–Kier alpha value is -1.18. The van der Waals surface area contributed by atoms with Gasteiger partial charge in [0.15, 0.2) is 0 Å². The van der Waals surface area contributed by atoms with Crippen LogP contribution in [-0.2, 0) is 22.6 Å². The van der Waals surface area contributed by atoms with Gasteiger partial charge in [0.25, 0.3) is 0 Å². The molecule has 6 nitrogen and oxygen atoms in total. The van der Waals surface area contributed by atoms with Crippen molar-refractivity contribution in [2.45, 2.75) is 52.6 Å². The molecule has 1 amide bonds. The van der Waals surface area contributed by atoms with E-state index in [0.29, 0.717) is 19.1 Å². The Morgan fingerprint density at radius 1 is 1.42 bits per heavy atom. The molecule has 1 aromatic heterocycles. The molecule has 1 aromatic rings. The molecular formula is C19H33N3O3S. The molecule has 0 bridgehead atoms. The number of amides is 1. The van der Waals surface area contributed by atoms with Crippen molar-refractivity contribution in [2.75, 3.05) is 40.0 Å². The number of rotatable bonds is 10. The van der Waals surface area contributed by atoms with E-state index < -0.39 is 0 Å². The smallest absolute Gasteiger partial charge is 0.409 e. The first kappa shape index (κ1) is 21.1. The summed E-state index contributed by atoms with van der Waals surface area (Å²) in [4.78, 5) is 20.9. The van der Waals surface area contributed by atoms with Crippen LogP contribution in [0.1, 0.15) is 50.2 Å². The van der Waals surface area contributed by atoms with Gasteiger partial charge in [-0.2, -0.15) is 0 Å². The first-order valence-corrected chi connectivity index (χ1v) is 10.6. The maximum Gasteiger partial charge on any atom is 0.409 e. The van der Waals surface area contributed by atoms with Gasteiger partial charge in [-0.05, 0) is 12.3 Å². The first-order chi connectivity index (χ1) is 12.6. The number of carbonyl (C=O) groups excluding carboxylic acids is 1. The molecule has 7 heteroatoms. The van der Waals surface area contributed by atoms with Crippen molar-refractivity contribution in [3.63, 3.8) is 0 Å². The van der Waals surface area contributed by atoms with Crippen LogP contribution in [0.4, 0.5) is 4.79 Å². The van der Waals surface area contributed by atoms with Crippen molar-refractivity contribution in [3.8, 4) is 0 Å². The van der Waals surface area contributed by atoms with Gasteiger partial charge in [-0.15, -0.1) is 11.3 Å². The number of carbonyl (C=O) groups is 1. The lowest BCUT2D eigenvalue weighted by Gasteiger charge is -2.25. The van der Waals surface area contributed by atoms with Gasteiger partial charge >= 0.3 is 6.09 Å².